The van der Waals surface area contributed by atoms with Crippen LogP contribution in [0.2, 0.25) is 10.0 Å². The molecule has 0 spiro atoms. The number of aliphatic hydroxyl groups is 1. The van der Waals surface area contributed by atoms with Crippen LogP contribution in [0.25, 0.3) is 22.6 Å². The molecule has 0 radical (unpaired) electrons. The number of anilines is 3. The van der Waals surface area contributed by atoms with E-state index in [2.05, 4.69) is 42.1 Å². The number of hydrogen-bond donors (Lipinski definition) is 2. The van der Waals surface area contributed by atoms with Gasteiger partial charge < -0.3 is 24.8 Å². The maximum atomic E-state index is 9.68. The van der Waals surface area contributed by atoms with E-state index in [4.69, 9.17) is 28.2 Å². The second-order valence-corrected chi connectivity index (χ2v) is 8.79. The number of piperazine rings is 1. The lowest BCUT2D eigenvalue weighted by Crippen LogP contribution is -2.44. The van der Waals surface area contributed by atoms with Crippen LogP contribution in [-0.4, -0.2) is 79.3 Å². The van der Waals surface area contributed by atoms with Gasteiger partial charge in [0.25, 0.3) is 0 Å². The number of rotatable bonds is 6. The molecule has 0 amide bonds. The molecule has 0 bridgehead atoms. The summed E-state index contributed by atoms with van der Waals surface area (Å²) in [6, 6.07) is 7.16. The maximum Gasteiger partial charge on any atom is 0.166 e. The molecule has 0 unspecified atom stereocenters. The Morgan fingerprint density at radius 2 is 1.74 bits per heavy atom. The number of halogens is 2. The fourth-order valence-corrected chi connectivity index (χ4v) is 4.55. The van der Waals surface area contributed by atoms with Gasteiger partial charge in [0.1, 0.15) is 30.1 Å². The molecule has 1 aromatic carbocycles. The second-order valence-electron chi connectivity index (χ2n) is 7.98. The molecule has 1 saturated heterocycles. The van der Waals surface area contributed by atoms with E-state index in [1.54, 1.807) is 22.8 Å². The van der Waals surface area contributed by atoms with Crippen LogP contribution in [-0.2, 0) is 6.54 Å². The number of nitrogens with one attached hydrogen (secondary N) is 1. The van der Waals surface area contributed by atoms with Crippen LogP contribution in [0.1, 0.15) is 0 Å². The molecule has 176 valence electrons. The van der Waals surface area contributed by atoms with Gasteiger partial charge in [0.2, 0.25) is 0 Å². The summed E-state index contributed by atoms with van der Waals surface area (Å²) in [5.41, 5.74) is 1.63. The van der Waals surface area contributed by atoms with Gasteiger partial charge in [-0.05, 0) is 19.2 Å². The Hall–Kier alpha value is -3.05. The number of benzene rings is 1. The Balaban J connectivity index is 1.54. The molecule has 10 nitrogen and oxygen atoms in total. The van der Waals surface area contributed by atoms with Crippen molar-refractivity contribution in [2.45, 2.75) is 6.54 Å². The second kappa shape index (κ2) is 9.67. The van der Waals surface area contributed by atoms with Gasteiger partial charge in [0.05, 0.1) is 22.2 Å². The molecule has 5 rings (SSSR count). The van der Waals surface area contributed by atoms with Crippen LogP contribution in [0.5, 0.6) is 0 Å². The highest BCUT2D eigenvalue weighted by molar-refractivity contribution is 6.39. The molecular weight excluding hydrogens is 477 g/mol. The highest BCUT2D eigenvalue weighted by Gasteiger charge is 2.21. The zero-order chi connectivity index (χ0) is 23.7. The Morgan fingerprint density at radius 1 is 1.00 bits per heavy atom. The highest BCUT2D eigenvalue weighted by atomic mass is 35.5. The van der Waals surface area contributed by atoms with Crippen molar-refractivity contribution in [3.8, 4) is 11.4 Å². The number of nitrogens with zero attached hydrogens (tertiary/aromatic N) is 8. The largest absolute Gasteiger partial charge is 0.395 e. The third-order valence-corrected chi connectivity index (χ3v) is 6.40. The van der Waals surface area contributed by atoms with Gasteiger partial charge in [-0.2, -0.15) is 0 Å². The van der Waals surface area contributed by atoms with E-state index < -0.39 is 0 Å². The third-order valence-electron chi connectivity index (χ3n) is 5.77. The number of likely N-dealkylation sites (N-methyl/N-ethyl adjacent to an activating group) is 1. The van der Waals surface area contributed by atoms with E-state index in [0.717, 1.165) is 32.0 Å². The van der Waals surface area contributed by atoms with Crippen molar-refractivity contribution < 1.29 is 5.11 Å². The molecule has 1 fully saturated rings. The summed E-state index contributed by atoms with van der Waals surface area (Å²) in [5, 5.41) is 13.9. The molecule has 0 aliphatic carbocycles. The average molecular weight is 500 g/mol. The Morgan fingerprint density at radius 3 is 2.47 bits per heavy atom. The Bertz CT molecular complexity index is 1300. The van der Waals surface area contributed by atoms with E-state index in [-0.39, 0.29) is 13.2 Å². The van der Waals surface area contributed by atoms with E-state index in [9.17, 15) is 5.11 Å². The smallest absolute Gasteiger partial charge is 0.166 e. The number of aliphatic hydroxyl groups excluding tert-OH is 1. The lowest BCUT2D eigenvalue weighted by atomic mass is 10.2. The summed E-state index contributed by atoms with van der Waals surface area (Å²) in [6.07, 6.45) is 2.98. The molecule has 0 atom stereocenters. The van der Waals surface area contributed by atoms with Crippen LogP contribution < -0.4 is 10.2 Å². The summed E-state index contributed by atoms with van der Waals surface area (Å²) in [5.74, 6) is 2.43. The van der Waals surface area contributed by atoms with Crippen LogP contribution in [0.4, 0.5) is 17.5 Å². The number of hydrogen-bond acceptors (Lipinski definition) is 9. The number of aromatic nitrogens is 6. The third kappa shape index (κ3) is 4.37. The minimum Gasteiger partial charge on any atom is -0.395 e. The summed E-state index contributed by atoms with van der Waals surface area (Å²) >= 11 is 12.9. The SMILES string of the molecule is CN1CCN(c2cc(Nc3ncnc4c3nc(-c3c(Cl)cccc3Cl)n4CCO)ncn2)CC1. The summed E-state index contributed by atoms with van der Waals surface area (Å²) in [4.78, 5) is 26.9. The first kappa shape index (κ1) is 22.7. The number of fused-ring (bicyclic) bond motifs is 1. The van der Waals surface area contributed by atoms with Crippen molar-refractivity contribution >= 4 is 51.8 Å². The lowest BCUT2D eigenvalue weighted by Gasteiger charge is -2.33. The van der Waals surface area contributed by atoms with Crippen molar-refractivity contribution in [1.82, 2.24) is 34.4 Å². The normalized spacial score (nSPS) is 14.6. The quantitative estimate of drug-likeness (QED) is 0.413. The minimum absolute atomic E-state index is 0.104. The monoisotopic (exact) mass is 499 g/mol. The maximum absolute atomic E-state index is 9.68. The van der Waals surface area contributed by atoms with E-state index in [1.807, 2.05) is 6.07 Å². The zero-order valence-corrected chi connectivity index (χ0v) is 20.0. The Labute approximate surface area is 206 Å². The molecule has 0 saturated carbocycles. The molecule has 2 N–H and O–H groups in total. The van der Waals surface area contributed by atoms with Gasteiger partial charge in [-0.1, -0.05) is 29.3 Å². The van der Waals surface area contributed by atoms with Gasteiger partial charge in [-0.15, -0.1) is 0 Å². The number of imidazole rings is 1. The van der Waals surface area contributed by atoms with E-state index >= 15 is 0 Å². The first-order valence-corrected chi connectivity index (χ1v) is 11.6. The van der Waals surface area contributed by atoms with Gasteiger partial charge in [-0.25, -0.2) is 24.9 Å². The predicted octanol–water partition coefficient (Wildman–Crippen LogP) is 3.08. The molecular formula is C22H23Cl2N9O. The summed E-state index contributed by atoms with van der Waals surface area (Å²) in [7, 11) is 2.12. The molecule has 1 aliphatic heterocycles. The van der Waals surface area contributed by atoms with Crippen LogP contribution in [0.3, 0.4) is 0 Å². The summed E-state index contributed by atoms with van der Waals surface area (Å²) < 4.78 is 1.78. The molecule has 3 aromatic heterocycles. The van der Waals surface area contributed by atoms with E-state index in [0.29, 0.717) is 44.2 Å². The minimum atomic E-state index is -0.104. The highest BCUT2D eigenvalue weighted by Crippen LogP contribution is 2.36. The first-order chi connectivity index (χ1) is 16.5. The van der Waals surface area contributed by atoms with Gasteiger partial charge in [-0.3, -0.25) is 0 Å². The molecule has 1 aliphatic rings. The van der Waals surface area contributed by atoms with Crippen molar-refractivity contribution in [3.63, 3.8) is 0 Å². The lowest BCUT2D eigenvalue weighted by molar-refractivity contribution is 0.278. The van der Waals surface area contributed by atoms with Gasteiger partial charge in [0, 0.05) is 38.8 Å². The van der Waals surface area contributed by atoms with Gasteiger partial charge >= 0.3 is 0 Å². The van der Waals surface area contributed by atoms with Crippen LogP contribution >= 0.6 is 23.2 Å². The predicted molar refractivity (Wildman–Crippen MR) is 133 cm³/mol. The topological polar surface area (TPSA) is 108 Å². The first-order valence-electron chi connectivity index (χ1n) is 10.8. The summed E-state index contributed by atoms with van der Waals surface area (Å²) in [6.45, 7) is 3.93. The van der Waals surface area contributed by atoms with Crippen LogP contribution in [0.15, 0.2) is 36.9 Å². The van der Waals surface area contributed by atoms with Crippen LogP contribution in [0, 0.1) is 0 Å². The Kier molecular flexibility index (Phi) is 6.46. The fourth-order valence-electron chi connectivity index (χ4n) is 3.99. The van der Waals surface area contributed by atoms with E-state index in [1.165, 1.54) is 12.7 Å². The molecule has 4 aromatic rings. The van der Waals surface area contributed by atoms with Crippen molar-refractivity contribution in [3.05, 3.63) is 47.0 Å². The van der Waals surface area contributed by atoms with Crippen molar-refractivity contribution in [2.75, 3.05) is 50.1 Å². The average Bonchev–Trinajstić information content (AvgIpc) is 3.19. The molecule has 34 heavy (non-hydrogen) atoms. The van der Waals surface area contributed by atoms with Gasteiger partial charge in [0.15, 0.2) is 17.0 Å². The van der Waals surface area contributed by atoms with Crippen molar-refractivity contribution in [1.29, 1.82) is 0 Å². The molecule has 4 heterocycles. The standard InChI is InChI=1S/C22H23Cl2N9O/c1-31-5-7-32(8-6-31)17-11-16(25-12-26-17)29-20-19-22(28-13-27-20)33(9-10-34)21(30-19)18-14(23)3-2-4-15(18)24/h2-4,11-13,34H,5-10H2,1H3,(H,25,26,27,28,29). The van der Waals surface area contributed by atoms with Crippen molar-refractivity contribution in [2.24, 2.45) is 0 Å². The zero-order valence-electron chi connectivity index (χ0n) is 18.5. The molecule has 12 heteroatoms. The fraction of sp³-hybridized carbons (Fsp3) is 0.318.